The van der Waals surface area contributed by atoms with Crippen molar-refractivity contribution in [3.63, 3.8) is 0 Å². The van der Waals surface area contributed by atoms with E-state index in [9.17, 15) is 0 Å². The van der Waals surface area contributed by atoms with Crippen LogP contribution in [-0.4, -0.2) is 25.7 Å². The lowest BCUT2D eigenvalue weighted by Gasteiger charge is -2.17. The van der Waals surface area contributed by atoms with E-state index >= 15 is 0 Å². The number of hydrogen-bond donors (Lipinski definition) is 1. The molecule has 0 saturated heterocycles. The summed E-state index contributed by atoms with van der Waals surface area (Å²) in [6, 6.07) is 6.06. The summed E-state index contributed by atoms with van der Waals surface area (Å²) in [4.78, 5) is 4.59. The first-order valence-electron chi connectivity index (χ1n) is 6.57. The summed E-state index contributed by atoms with van der Waals surface area (Å²) < 4.78 is 10.7. The maximum absolute atomic E-state index is 5.38. The monoisotopic (exact) mass is 292 g/mol. The van der Waals surface area contributed by atoms with Crippen molar-refractivity contribution in [2.45, 2.75) is 19.9 Å². The average Bonchev–Trinajstić information content (AvgIpc) is 2.90. The second-order valence-corrected chi connectivity index (χ2v) is 5.32. The van der Waals surface area contributed by atoms with Crippen molar-refractivity contribution in [2.24, 2.45) is 0 Å². The molecule has 1 heterocycles. The molecule has 0 spiro atoms. The zero-order valence-electron chi connectivity index (χ0n) is 12.3. The van der Waals surface area contributed by atoms with E-state index in [1.165, 1.54) is 0 Å². The van der Waals surface area contributed by atoms with Gasteiger partial charge in [-0.1, -0.05) is 13.0 Å². The van der Waals surface area contributed by atoms with Gasteiger partial charge in [-0.15, -0.1) is 11.3 Å². The Morgan fingerprint density at radius 2 is 2.00 bits per heavy atom. The van der Waals surface area contributed by atoms with Crippen LogP contribution in [0.15, 0.2) is 23.6 Å². The highest BCUT2D eigenvalue weighted by Crippen LogP contribution is 2.33. The van der Waals surface area contributed by atoms with Crippen LogP contribution in [0.4, 0.5) is 0 Å². The molecule has 0 aliphatic carbocycles. The molecule has 108 valence electrons. The Balaban J connectivity index is 2.39. The van der Waals surface area contributed by atoms with Crippen molar-refractivity contribution in [3.05, 3.63) is 39.8 Å². The van der Waals surface area contributed by atoms with Crippen molar-refractivity contribution in [2.75, 3.05) is 20.8 Å². The molecule has 0 radical (unpaired) electrons. The van der Waals surface area contributed by atoms with Crippen LogP contribution < -0.4 is 14.8 Å². The Bertz CT molecular complexity index is 569. The van der Waals surface area contributed by atoms with E-state index in [2.05, 4.69) is 22.6 Å². The molecule has 0 saturated carbocycles. The molecule has 1 aromatic heterocycles. The van der Waals surface area contributed by atoms with E-state index in [4.69, 9.17) is 9.47 Å². The maximum atomic E-state index is 5.38. The maximum Gasteiger partial charge on any atom is 0.161 e. The standard InChI is InChI=1S/C15H20N2O2S/c1-5-16-14(15-17-10(2)9-20-15)11-6-7-12(18-3)13(8-11)19-4/h6-9,14,16H,5H2,1-4H3. The summed E-state index contributed by atoms with van der Waals surface area (Å²) in [5.41, 5.74) is 2.17. The van der Waals surface area contributed by atoms with Gasteiger partial charge in [-0.3, -0.25) is 0 Å². The molecule has 0 aliphatic heterocycles. The molecule has 4 nitrogen and oxygen atoms in total. The SMILES string of the molecule is CCNC(c1ccc(OC)c(OC)c1)c1nc(C)cs1. The van der Waals surface area contributed by atoms with Crippen molar-refractivity contribution in [1.82, 2.24) is 10.3 Å². The van der Waals surface area contributed by atoms with Crippen LogP contribution in [-0.2, 0) is 0 Å². The Morgan fingerprint density at radius 3 is 2.55 bits per heavy atom. The number of methoxy groups -OCH3 is 2. The molecule has 0 fully saturated rings. The van der Waals surface area contributed by atoms with Crippen LogP contribution in [0.3, 0.4) is 0 Å². The zero-order chi connectivity index (χ0) is 14.5. The minimum absolute atomic E-state index is 0.0820. The highest BCUT2D eigenvalue weighted by atomic mass is 32.1. The molecule has 2 aromatic rings. The lowest BCUT2D eigenvalue weighted by atomic mass is 10.1. The minimum atomic E-state index is 0.0820. The summed E-state index contributed by atoms with van der Waals surface area (Å²) in [5.74, 6) is 1.47. The van der Waals surface area contributed by atoms with Gasteiger partial charge in [0.2, 0.25) is 0 Å². The van der Waals surface area contributed by atoms with Gasteiger partial charge in [0.15, 0.2) is 11.5 Å². The van der Waals surface area contributed by atoms with E-state index < -0.39 is 0 Å². The van der Waals surface area contributed by atoms with Gasteiger partial charge in [0.1, 0.15) is 5.01 Å². The first-order chi connectivity index (χ1) is 9.69. The smallest absolute Gasteiger partial charge is 0.161 e. The number of benzene rings is 1. The van der Waals surface area contributed by atoms with Crippen LogP contribution >= 0.6 is 11.3 Å². The van der Waals surface area contributed by atoms with Gasteiger partial charge in [0, 0.05) is 11.1 Å². The molecule has 5 heteroatoms. The topological polar surface area (TPSA) is 43.4 Å². The number of nitrogens with one attached hydrogen (secondary N) is 1. The summed E-state index contributed by atoms with van der Waals surface area (Å²) in [6.07, 6.45) is 0. The Kier molecular flexibility index (Phi) is 4.98. The second-order valence-electron chi connectivity index (χ2n) is 4.43. The predicted molar refractivity (Wildman–Crippen MR) is 81.9 cm³/mol. The quantitative estimate of drug-likeness (QED) is 0.888. The summed E-state index contributed by atoms with van der Waals surface area (Å²) >= 11 is 1.67. The predicted octanol–water partition coefficient (Wildman–Crippen LogP) is 3.17. The van der Waals surface area contributed by atoms with Crippen LogP contribution in [0.25, 0.3) is 0 Å². The molecular formula is C15H20N2O2S. The van der Waals surface area contributed by atoms with Gasteiger partial charge in [0.05, 0.1) is 20.3 Å². The lowest BCUT2D eigenvalue weighted by Crippen LogP contribution is -2.22. The number of ether oxygens (including phenoxy) is 2. The third-order valence-electron chi connectivity index (χ3n) is 3.03. The summed E-state index contributed by atoms with van der Waals surface area (Å²) in [6.45, 7) is 4.98. The van der Waals surface area contributed by atoms with Gasteiger partial charge in [-0.05, 0) is 31.2 Å². The van der Waals surface area contributed by atoms with E-state index in [0.29, 0.717) is 0 Å². The number of thiazole rings is 1. The molecule has 1 atom stereocenters. The highest BCUT2D eigenvalue weighted by Gasteiger charge is 2.18. The van der Waals surface area contributed by atoms with E-state index in [-0.39, 0.29) is 6.04 Å². The average molecular weight is 292 g/mol. The Morgan fingerprint density at radius 1 is 1.25 bits per heavy atom. The molecule has 2 rings (SSSR count). The fourth-order valence-corrected chi connectivity index (χ4v) is 2.99. The van der Waals surface area contributed by atoms with Crippen LogP contribution in [0, 0.1) is 6.92 Å². The number of hydrogen-bond acceptors (Lipinski definition) is 5. The fraction of sp³-hybridized carbons (Fsp3) is 0.400. The molecule has 0 amide bonds. The molecule has 1 unspecified atom stereocenters. The molecule has 20 heavy (non-hydrogen) atoms. The lowest BCUT2D eigenvalue weighted by molar-refractivity contribution is 0.354. The fourth-order valence-electron chi connectivity index (χ4n) is 2.09. The van der Waals surface area contributed by atoms with Gasteiger partial charge >= 0.3 is 0 Å². The van der Waals surface area contributed by atoms with Crippen molar-refractivity contribution < 1.29 is 9.47 Å². The van der Waals surface area contributed by atoms with Crippen molar-refractivity contribution in [1.29, 1.82) is 0 Å². The van der Waals surface area contributed by atoms with Gasteiger partial charge in [-0.25, -0.2) is 4.98 Å². The van der Waals surface area contributed by atoms with E-state index in [1.807, 2.05) is 25.1 Å². The Hall–Kier alpha value is -1.59. The third kappa shape index (κ3) is 3.11. The highest BCUT2D eigenvalue weighted by molar-refractivity contribution is 7.09. The van der Waals surface area contributed by atoms with Crippen LogP contribution in [0.5, 0.6) is 11.5 Å². The number of aryl methyl sites for hydroxylation is 1. The molecule has 1 aromatic carbocycles. The minimum Gasteiger partial charge on any atom is -0.493 e. The number of rotatable bonds is 6. The molecule has 0 bridgehead atoms. The first-order valence-corrected chi connectivity index (χ1v) is 7.44. The summed E-state index contributed by atoms with van der Waals surface area (Å²) in [7, 11) is 3.29. The molecule has 1 N–H and O–H groups in total. The number of nitrogens with zero attached hydrogens (tertiary/aromatic N) is 1. The zero-order valence-corrected chi connectivity index (χ0v) is 13.1. The van der Waals surface area contributed by atoms with Gasteiger partial charge in [-0.2, -0.15) is 0 Å². The van der Waals surface area contributed by atoms with Crippen molar-refractivity contribution >= 4 is 11.3 Å². The van der Waals surface area contributed by atoms with Crippen molar-refractivity contribution in [3.8, 4) is 11.5 Å². The van der Waals surface area contributed by atoms with E-state index in [0.717, 1.165) is 34.3 Å². The van der Waals surface area contributed by atoms with Gasteiger partial charge < -0.3 is 14.8 Å². The summed E-state index contributed by atoms with van der Waals surface area (Å²) in [5, 5.41) is 6.60. The van der Waals surface area contributed by atoms with E-state index in [1.54, 1.807) is 25.6 Å². The second kappa shape index (κ2) is 6.72. The molecular weight excluding hydrogens is 272 g/mol. The van der Waals surface area contributed by atoms with Crippen LogP contribution in [0.2, 0.25) is 0 Å². The normalized spacial score (nSPS) is 12.2. The van der Waals surface area contributed by atoms with Crippen LogP contribution in [0.1, 0.15) is 29.2 Å². The number of aromatic nitrogens is 1. The van der Waals surface area contributed by atoms with Gasteiger partial charge in [0.25, 0.3) is 0 Å². The first kappa shape index (κ1) is 14.8. The largest absolute Gasteiger partial charge is 0.493 e. The molecule has 0 aliphatic rings. The Labute approximate surface area is 123 Å². The third-order valence-corrected chi connectivity index (χ3v) is 4.06.